The number of hydrogen-bond donors (Lipinski definition) is 1. The molecule has 3 aromatic carbocycles. The number of carbonyl (C=O) groups is 1. The molecule has 4 heteroatoms. The van der Waals surface area contributed by atoms with Gasteiger partial charge in [0.15, 0.2) is 0 Å². The molecule has 0 unspecified atom stereocenters. The van der Waals surface area contributed by atoms with Gasteiger partial charge in [-0.1, -0.05) is 54.9 Å². The van der Waals surface area contributed by atoms with Crippen LogP contribution in [0.2, 0.25) is 5.02 Å². The van der Waals surface area contributed by atoms with E-state index in [2.05, 4.69) is 12.2 Å². The van der Waals surface area contributed by atoms with Crippen LogP contribution in [-0.4, -0.2) is 5.91 Å². The van der Waals surface area contributed by atoms with Crippen molar-refractivity contribution in [3.63, 3.8) is 0 Å². The van der Waals surface area contributed by atoms with Gasteiger partial charge in [0.1, 0.15) is 12.4 Å². The normalized spacial score (nSPS) is 10.4. The Kier molecular flexibility index (Phi) is 5.92. The van der Waals surface area contributed by atoms with Crippen LogP contribution >= 0.6 is 11.6 Å². The Hall–Kier alpha value is -2.78. The van der Waals surface area contributed by atoms with Crippen LogP contribution in [0.1, 0.15) is 28.4 Å². The molecule has 0 saturated heterocycles. The highest BCUT2D eigenvalue weighted by atomic mass is 35.5. The molecule has 0 radical (unpaired) electrons. The summed E-state index contributed by atoms with van der Waals surface area (Å²) in [5.74, 6) is 0.358. The minimum absolute atomic E-state index is 0.190. The lowest BCUT2D eigenvalue weighted by Crippen LogP contribution is -2.13. The van der Waals surface area contributed by atoms with Gasteiger partial charge in [0.2, 0.25) is 0 Å². The van der Waals surface area contributed by atoms with Gasteiger partial charge < -0.3 is 10.1 Å². The van der Waals surface area contributed by atoms with E-state index >= 15 is 0 Å². The molecule has 132 valence electrons. The Labute approximate surface area is 158 Å². The number of hydrogen-bond acceptors (Lipinski definition) is 2. The molecule has 0 fully saturated rings. The lowest BCUT2D eigenvalue weighted by molar-refractivity contribution is 0.102. The summed E-state index contributed by atoms with van der Waals surface area (Å²) in [5, 5.41) is 3.63. The minimum atomic E-state index is -0.190. The summed E-state index contributed by atoms with van der Waals surface area (Å²) >= 11 is 5.90. The molecular formula is C22H20ClNO2. The molecule has 26 heavy (non-hydrogen) atoms. The third-order valence-corrected chi connectivity index (χ3v) is 4.28. The first-order valence-electron chi connectivity index (χ1n) is 8.52. The molecule has 1 N–H and O–H groups in total. The highest BCUT2D eigenvalue weighted by molar-refractivity contribution is 6.30. The van der Waals surface area contributed by atoms with Crippen LogP contribution in [0.4, 0.5) is 5.69 Å². The van der Waals surface area contributed by atoms with E-state index < -0.39 is 0 Å². The van der Waals surface area contributed by atoms with E-state index in [1.165, 1.54) is 5.56 Å². The van der Waals surface area contributed by atoms with Crippen molar-refractivity contribution in [1.82, 2.24) is 0 Å². The highest BCUT2D eigenvalue weighted by Crippen LogP contribution is 2.22. The van der Waals surface area contributed by atoms with Crippen molar-refractivity contribution in [3.05, 3.63) is 94.5 Å². The van der Waals surface area contributed by atoms with Crippen LogP contribution in [0, 0.1) is 0 Å². The zero-order valence-corrected chi connectivity index (χ0v) is 15.3. The van der Waals surface area contributed by atoms with Crippen molar-refractivity contribution in [1.29, 1.82) is 0 Å². The third-order valence-electron chi connectivity index (χ3n) is 4.03. The van der Waals surface area contributed by atoms with Gasteiger partial charge in [-0.25, -0.2) is 0 Å². The molecule has 0 aromatic heterocycles. The highest BCUT2D eigenvalue weighted by Gasteiger charge is 2.12. The van der Waals surface area contributed by atoms with Crippen LogP contribution < -0.4 is 10.1 Å². The standard InChI is InChI=1S/C22H20ClNO2/c1-2-16-6-5-7-19(14-16)24-22(25)20-8-3-4-9-21(20)26-15-17-10-12-18(23)13-11-17/h3-14H,2,15H2,1H3,(H,24,25). The zero-order valence-electron chi connectivity index (χ0n) is 14.5. The quantitative estimate of drug-likeness (QED) is 0.605. The van der Waals surface area contributed by atoms with Crippen molar-refractivity contribution in [3.8, 4) is 5.75 Å². The molecule has 0 saturated carbocycles. The lowest BCUT2D eigenvalue weighted by Gasteiger charge is -2.12. The fourth-order valence-corrected chi connectivity index (χ4v) is 2.72. The maximum atomic E-state index is 12.7. The Morgan fingerprint density at radius 1 is 0.962 bits per heavy atom. The van der Waals surface area contributed by atoms with Gasteiger partial charge in [0, 0.05) is 10.7 Å². The first kappa shape index (κ1) is 18.0. The summed E-state index contributed by atoms with van der Waals surface area (Å²) in [6, 6.07) is 22.5. The summed E-state index contributed by atoms with van der Waals surface area (Å²) < 4.78 is 5.86. The van der Waals surface area contributed by atoms with E-state index in [0.717, 1.165) is 17.7 Å². The van der Waals surface area contributed by atoms with E-state index in [-0.39, 0.29) is 5.91 Å². The van der Waals surface area contributed by atoms with Crippen molar-refractivity contribution in [2.24, 2.45) is 0 Å². The van der Waals surface area contributed by atoms with E-state index in [4.69, 9.17) is 16.3 Å². The molecule has 0 aliphatic rings. The van der Waals surface area contributed by atoms with Gasteiger partial charge in [0.05, 0.1) is 5.56 Å². The monoisotopic (exact) mass is 365 g/mol. The zero-order chi connectivity index (χ0) is 18.4. The van der Waals surface area contributed by atoms with Crippen molar-refractivity contribution < 1.29 is 9.53 Å². The molecule has 3 rings (SSSR count). The van der Waals surface area contributed by atoms with E-state index in [0.29, 0.717) is 22.9 Å². The molecule has 0 spiro atoms. The Balaban J connectivity index is 1.73. The number of ether oxygens (including phenoxy) is 1. The number of benzene rings is 3. The minimum Gasteiger partial charge on any atom is -0.488 e. The van der Waals surface area contributed by atoms with Crippen LogP contribution in [-0.2, 0) is 13.0 Å². The van der Waals surface area contributed by atoms with Gasteiger partial charge in [-0.2, -0.15) is 0 Å². The second-order valence-electron chi connectivity index (χ2n) is 5.92. The number of anilines is 1. The van der Waals surface area contributed by atoms with Gasteiger partial charge >= 0.3 is 0 Å². The number of para-hydroxylation sites is 1. The smallest absolute Gasteiger partial charge is 0.259 e. The second kappa shape index (κ2) is 8.54. The lowest BCUT2D eigenvalue weighted by atomic mass is 10.1. The second-order valence-corrected chi connectivity index (χ2v) is 6.36. The number of halogens is 1. The summed E-state index contributed by atoms with van der Waals surface area (Å²) in [6.45, 7) is 2.45. The van der Waals surface area contributed by atoms with Crippen molar-refractivity contribution in [2.75, 3.05) is 5.32 Å². The Bertz CT molecular complexity index is 891. The topological polar surface area (TPSA) is 38.3 Å². The molecule has 0 atom stereocenters. The number of nitrogens with one attached hydrogen (secondary N) is 1. The van der Waals surface area contributed by atoms with Crippen LogP contribution in [0.25, 0.3) is 0 Å². The summed E-state index contributed by atoms with van der Waals surface area (Å²) in [6.07, 6.45) is 0.921. The predicted molar refractivity (Wildman–Crippen MR) is 106 cm³/mol. The number of rotatable bonds is 6. The molecule has 0 aliphatic heterocycles. The summed E-state index contributed by atoms with van der Waals surface area (Å²) in [4.78, 5) is 12.7. The van der Waals surface area contributed by atoms with Crippen LogP contribution in [0.5, 0.6) is 5.75 Å². The Morgan fingerprint density at radius 2 is 1.73 bits per heavy atom. The van der Waals surface area contributed by atoms with E-state index in [1.54, 1.807) is 12.1 Å². The van der Waals surface area contributed by atoms with Gasteiger partial charge in [-0.05, 0) is 53.9 Å². The van der Waals surface area contributed by atoms with E-state index in [1.807, 2.05) is 60.7 Å². The Morgan fingerprint density at radius 3 is 2.50 bits per heavy atom. The average Bonchev–Trinajstić information content (AvgIpc) is 2.68. The predicted octanol–water partition coefficient (Wildman–Crippen LogP) is 5.73. The van der Waals surface area contributed by atoms with Crippen LogP contribution in [0.15, 0.2) is 72.8 Å². The largest absolute Gasteiger partial charge is 0.488 e. The summed E-state index contributed by atoms with van der Waals surface area (Å²) in [5.41, 5.74) is 3.44. The molecule has 3 aromatic rings. The third kappa shape index (κ3) is 4.64. The van der Waals surface area contributed by atoms with Gasteiger partial charge in [-0.15, -0.1) is 0 Å². The first-order chi connectivity index (χ1) is 12.7. The van der Waals surface area contributed by atoms with Gasteiger partial charge in [-0.3, -0.25) is 4.79 Å². The SMILES string of the molecule is CCc1cccc(NC(=O)c2ccccc2OCc2ccc(Cl)cc2)c1. The van der Waals surface area contributed by atoms with E-state index in [9.17, 15) is 4.79 Å². The number of amides is 1. The average molecular weight is 366 g/mol. The van der Waals surface area contributed by atoms with Gasteiger partial charge in [0.25, 0.3) is 5.91 Å². The maximum Gasteiger partial charge on any atom is 0.259 e. The fourth-order valence-electron chi connectivity index (χ4n) is 2.59. The molecule has 1 amide bonds. The summed E-state index contributed by atoms with van der Waals surface area (Å²) in [7, 11) is 0. The molecule has 0 aliphatic carbocycles. The molecular weight excluding hydrogens is 346 g/mol. The maximum absolute atomic E-state index is 12.7. The van der Waals surface area contributed by atoms with Crippen LogP contribution in [0.3, 0.4) is 0 Å². The fraction of sp³-hybridized carbons (Fsp3) is 0.136. The number of carbonyl (C=O) groups excluding carboxylic acids is 1. The first-order valence-corrected chi connectivity index (χ1v) is 8.90. The molecule has 0 heterocycles. The molecule has 0 bridgehead atoms. The van der Waals surface area contributed by atoms with Crippen molar-refractivity contribution >= 4 is 23.2 Å². The van der Waals surface area contributed by atoms with Crippen molar-refractivity contribution in [2.45, 2.75) is 20.0 Å². The number of aryl methyl sites for hydroxylation is 1. The molecule has 3 nitrogen and oxygen atoms in total.